The van der Waals surface area contributed by atoms with E-state index in [0.717, 1.165) is 29.3 Å². The molecule has 33 heavy (non-hydrogen) atoms. The summed E-state index contributed by atoms with van der Waals surface area (Å²) in [5, 5.41) is 0. The maximum Gasteiger partial charge on any atom is 0.417 e. The number of alkyl halides is 3. The third-order valence-electron chi connectivity index (χ3n) is 5.61. The molecule has 0 unspecified atom stereocenters. The summed E-state index contributed by atoms with van der Waals surface area (Å²) in [6, 6.07) is 16.5. The first kappa shape index (κ1) is 23.0. The Hall–Kier alpha value is -3.17. The fraction of sp³-hybridized carbons (Fsp3) is 0.208. The highest BCUT2D eigenvalue weighted by Gasteiger charge is 2.36. The monoisotopic (exact) mass is 474 g/mol. The predicted octanol–water partition coefficient (Wildman–Crippen LogP) is 4.70. The number of halogens is 3. The second-order valence-electron chi connectivity index (χ2n) is 7.80. The maximum atomic E-state index is 13.2. The van der Waals surface area contributed by atoms with Crippen LogP contribution in [-0.4, -0.2) is 20.9 Å². The van der Waals surface area contributed by atoms with E-state index in [0.29, 0.717) is 29.8 Å². The first-order chi connectivity index (χ1) is 15.6. The van der Waals surface area contributed by atoms with E-state index >= 15 is 0 Å². The maximum absolute atomic E-state index is 13.2. The van der Waals surface area contributed by atoms with Gasteiger partial charge < -0.3 is 4.90 Å². The van der Waals surface area contributed by atoms with Crippen molar-refractivity contribution in [2.24, 2.45) is 0 Å². The average Bonchev–Trinajstić information content (AvgIpc) is 3.20. The molecular weight excluding hydrogens is 453 g/mol. The van der Waals surface area contributed by atoms with Gasteiger partial charge >= 0.3 is 6.18 Å². The van der Waals surface area contributed by atoms with Crippen molar-refractivity contribution in [1.29, 1.82) is 0 Å². The van der Waals surface area contributed by atoms with Gasteiger partial charge in [-0.05, 0) is 54.3 Å². The van der Waals surface area contributed by atoms with Gasteiger partial charge in [0.15, 0.2) is 0 Å². The summed E-state index contributed by atoms with van der Waals surface area (Å²) in [6.07, 6.45) is -4.13. The Morgan fingerprint density at radius 2 is 1.73 bits per heavy atom. The lowest BCUT2D eigenvalue weighted by molar-refractivity contribution is -0.139. The molecule has 1 N–H and O–H groups in total. The van der Waals surface area contributed by atoms with Gasteiger partial charge in [0, 0.05) is 24.3 Å². The van der Waals surface area contributed by atoms with Crippen molar-refractivity contribution in [3.63, 3.8) is 0 Å². The lowest BCUT2D eigenvalue weighted by atomic mass is 10.1. The SMILES string of the molecule is Cc1ccccc1C(=O)N1CCc2ccc(CNS(=O)(=O)c3ccccc3C(F)(F)F)cc21. The Bertz CT molecular complexity index is 1320. The minimum absolute atomic E-state index is 0.149. The lowest BCUT2D eigenvalue weighted by Gasteiger charge is -2.19. The molecular formula is C24H21F3N2O3S. The zero-order valence-electron chi connectivity index (χ0n) is 17.7. The van der Waals surface area contributed by atoms with E-state index in [-0.39, 0.29) is 12.5 Å². The summed E-state index contributed by atoms with van der Waals surface area (Å²) in [5.41, 5.74) is 2.37. The zero-order chi connectivity index (χ0) is 23.8. The Balaban J connectivity index is 1.57. The summed E-state index contributed by atoms with van der Waals surface area (Å²) < 4.78 is 67.2. The molecule has 3 aromatic carbocycles. The predicted molar refractivity (Wildman–Crippen MR) is 118 cm³/mol. The van der Waals surface area contributed by atoms with E-state index in [1.54, 1.807) is 29.2 Å². The number of hydrogen-bond donors (Lipinski definition) is 1. The third kappa shape index (κ3) is 4.65. The number of nitrogens with zero attached hydrogens (tertiary/aromatic N) is 1. The molecule has 0 aliphatic carbocycles. The van der Waals surface area contributed by atoms with Crippen molar-refractivity contribution in [1.82, 2.24) is 4.72 Å². The van der Waals surface area contributed by atoms with Crippen LogP contribution in [-0.2, 0) is 29.2 Å². The Morgan fingerprint density at radius 1 is 1.03 bits per heavy atom. The van der Waals surface area contributed by atoms with Crippen molar-refractivity contribution in [3.8, 4) is 0 Å². The van der Waals surface area contributed by atoms with Crippen LogP contribution in [0.25, 0.3) is 0 Å². The number of anilines is 1. The molecule has 1 amide bonds. The minimum atomic E-state index is -4.80. The van der Waals surface area contributed by atoms with Crippen LogP contribution in [0, 0.1) is 6.92 Å². The van der Waals surface area contributed by atoms with E-state index in [1.807, 2.05) is 25.1 Å². The quantitative estimate of drug-likeness (QED) is 0.583. The summed E-state index contributed by atoms with van der Waals surface area (Å²) in [5.74, 6) is -0.149. The van der Waals surface area contributed by atoms with Crippen LogP contribution in [0.2, 0.25) is 0 Å². The summed E-state index contributed by atoms with van der Waals surface area (Å²) in [6.45, 7) is 2.14. The fourth-order valence-corrected chi connectivity index (χ4v) is 5.14. The first-order valence-electron chi connectivity index (χ1n) is 10.2. The fourth-order valence-electron chi connectivity index (χ4n) is 3.90. The van der Waals surface area contributed by atoms with E-state index in [9.17, 15) is 26.4 Å². The van der Waals surface area contributed by atoms with Crippen LogP contribution < -0.4 is 9.62 Å². The van der Waals surface area contributed by atoms with Crippen LogP contribution in [0.5, 0.6) is 0 Å². The second kappa shape index (κ2) is 8.64. The lowest BCUT2D eigenvalue weighted by Crippen LogP contribution is -2.29. The molecule has 0 saturated heterocycles. The summed E-state index contributed by atoms with van der Waals surface area (Å²) in [4.78, 5) is 13.9. The number of benzene rings is 3. The average molecular weight is 475 g/mol. The van der Waals surface area contributed by atoms with Crippen molar-refractivity contribution >= 4 is 21.6 Å². The van der Waals surface area contributed by atoms with Crippen LogP contribution in [0.4, 0.5) is 18.9 Å². The van der Waals surface area contributed by atoms with Gasteiger partial charge in [0.05, 0.1) is 10.5 Å². The van der Waals surface area contributed by atoms with Gasteiger partial charge in [-0.1, -0.05) is 42.5 Å². The normalized spacial score (nSPS) is 13.8. The van der Waals surface area contributed by atoms with Gasteiger partial charge in [-0.15, -0.1) is 0 Å². The number of nitrogens with one attached hydrogen (secondary N) is 1. The largest absolute Gasteiger partial charge is 0.417 e. The van der Waals surface area contributed by atoms with E-state index in [4.69, 9.17) is 0 Å². The molecule has 9 heteroatoms. The summed E-state index contributed by atoms with van der Waals surface area (Å²) in [7, 11) is -4.42. The topological polar surface area (TPSA) is 66.5 Å². The van der Waals surface area contributed by atoms with Crippen LogP contribution in [0.3, 0.4) is 0 Å². The number of aryl methyl sites for hydroxylation is 1. The molecule has 0 fully saturated rings. The van der Waals surface area contributed by atoms with Gasteiger partial charge in [-0.25, -0.2) is 13.1 Å². The van der Waals surface area contributed by atoms with Gasteiger partial charge in [0.2, 0.25) is 10.0 Å². The first-order valence-corrected chi connectivity index (χ1v) is 11.7. The highest BCUT2D eigenvalue weighted by molar-refractivity contribution is 7.89. The standard InChI is InChI=1S/C24H21F3N2O3S/c1-16-6-2-3-7-19(16)23(30)29-13-12-18-11-10-17(14-21(18)29)15-28-33(31,32)22-9-5-4-8-20(22)24(25,26)27/h2-11,14,28H,12-13,15H2,1H3. The van der Waals surface area contributed by atoms with Gasteiger partial charge in [0.25, 0.3) is 5.91 Å². The van der Waals surface area contributed by atoms with Crippen molar-refractivity contribution in [2.75, 3.05) is 11.4 Å². The van der Waals surface area contributed by atoms with Gasteiger partial charge in [-0.2, -0.15) is 13.2 Å². The van der Waals surface area contributed by atoms with Crippen molar-refractivity contribution in [2.45, 2.75) is 31.0 Å². The molecule has 0 bridgehead atoms. The minimum Gasteiger partial charge on any atom is -0.308 e. The van der Waals surface area contributed by atoms with E-state index < -0.39 is 26.7 Å². The van der Waals surface area contributed by atoms with Crippen LogP contribution in [0.1, 0.15) is 32.6 Å². The number of sulfonamides is 1. The smallest absolute Gasteiger partial charge is 0.308 e. The number of carbonyl (C=O) groups is 1. The Labute approximate surface area is 189 Å². The molecule has 172 valence electrons. The molecule has 3 aromatic rings. The molecule has 5 nitrogen and oxygen atoms in total. The van der Waals surface area contributed by atoms with Crippen LogP contribution >= 0.6 is 0 Å². The Morgan fingerprint density at radius 3 is 2.45 bits per heavy atom. The molecule has 0 atom stereocenters. The number of amides is 1. The second-order valence-corrected chi connectivity index (χ2v) is 9.54. The molecule has 0 spiro atoms. The summed E-state index contributed by atoms with van der Waals surface area (Å²) >= 11 is 0. The number of hydrogen-bond acceptors (Lipinski definition) is 3. The molecule has 1 aliphatic rings. The van der Waals surface area contributed by atoms with Crippen molar-refractivity contribution < 1.29 is 26.4 Å². The Kier molecular flexibility index (Phi) is 6.02. The number of fused-ring (bicyclic) bond motifs is 1. The highest BCUT2D eigenvalue weighted by atomic mass is 32.2. The van der Waals surface area contributed by atoms with Gasteiger partial charge in [-0.3, -0.25) is 4.79 Å². The number of rotatable bonds is 5. The molecule has 1 heterocycles. The van der Waals surface area contributed by atoms with E-state index in [1.165, 1.54) is 6.07 Å². The number of carbonyl (C=O) groups excluding carboxylic acids is 1. The highest BCUT2D eigenvalue weighted by Crippen LogP contribution is 2.34. The molecule has 1 aliphatic heterocycles. The third-order valence-corrected chi connectivity index (χ3v) is 7.07. The van der Waals surface area contributed by atoms with E-state index in [2.05, 4.69) is 4.72 Å². The molecule has 4 rings (SSSR count). The van der Waals surface area contributed by atoms with Crippen LogP contribution in [0.15, 0.2) is 71.6 Å². The molecule has 0 aromatic heterocycles. The molecule has 0 radical (unpaired) electrons. The van der Waals surface area contributed by atoms with Crippen molar-refractivity contribution in [3.05, 3.63) is 94.5 Å². The zero-order valence-corrected chi connectivity index (χ0v) is 18.5. The molecule has 0 saturated carbocycles. The van der Waals surface area contributed by atoms with Gasteiger partial charge in [0.1, 0.15) is 0 Å².